The number of carbonyl (C=O) groups is 1. The summed E-state index contributed by atoms with van der Waals surface area (Å²) in [4.78, 5) is 22.9. The van der Waals surface area contributed by atoms with Crippen LogP contribution in [0.1, 0.15) is 34.7 Å². The molecule has 0 spiro atoms. The lowest BCUT2D eigenvalue weighted by Crippen LogP contribution is -2.21. The zero-order valence-corrected chi connectivity index (χ0v) is 12.0. The molecule has 1 heterocycles. The minimum absolute atomic E-state index is 0.0538. The quantitative estimate of drug-likeness (QED) is 0.911. The van der Waals surface area contributed by atoms with Crippen molar-refractivity contribution in [3.63, 3.8) is 0 Å². The Hall–Kier alpha value is -2.63. The molecule has 1 aromatic heterocycles. The molecule has 0 radical (unpaired) electrons. The van der Waals surface area contributed by atoms with Crippen molar-refractivity contribution in [2.45, 2.75) is 18.8 Å². The predicted octanol–water partition coefficient (Wildman–Crippen LogP) is 2.84. The van der Waals surface area contributed by atoms with E-state index in [1.165, 1.54) is 25.2 Å². The Morgan fingerprint density at radius 1 is 1.32 bits per heavy atom. The molecule has 6 heteroatoms. The molecule has 2 N–H and O–H groups in total. The molecule has 22 heavy (non-hydrogen) atoms. The highest BCUT2D eigenvalue weighted by Crippen LogP contribution is 2.41. The average molecular weight is 302 g/mol. The number of anilines is 2. The van der Waals surface area contributed by atoms with Crippen LogP contribution in [0.3, 0.4) is 0 Å². The Kier molecular flexibility index (Phi) is 3.44. The van der Waals surface area contributed by atoms with Crippen LogP contribution in [0, 0.1) is 5.82 Å². The van der Waals surface area contributed by atoms with Crippen molar-refractivity contribution in [3.05, 3.63) is 57.6 Å². The zero-order valence-electron chi connectivity index (χ0n) is 12.0. The number of rotatable bonds is 4. The fourth-order valence-corrected chi connectivity index (χ4v) is 2.39. The normalized spacial score (nSPS) is 13.9. The molecular formula is C16H15FN2O3. The summed E-state index contributed by atoms with van der Waals surface area (Å²) in [5.41, 5.74) is 0.631. The second-order valence-electron chi connectivity index (χ2n) is 5.44. The number of carboxylic acids is 1. The Morgan fingerprint density at radius 3 is 2.64 bits per heavy atom. The lowest BCUT2D eigenvalue weighted by Gasteiger charge is -2.14. The third-order valence-corrected chi connectivity index (χ3v) is 3.84. The van der Waals surface area contributed by atoms with Crippen LogP contribution in [-0.2, 0) is 7.05 Å². The number of carboxylic acid groups (broad SMARTS) is 1. The van der Waals surface area contributed by atoms with Gasteiger partial charge in [0.2, 0.25) is 0 Å². The van der Waals surface area contributed by atoms with Crippen LogP contribution in [0.25, 0.3) is 0 Å². The molecule has 3 rings (SSSR count). The van der Waals surface area contributed by atoms with Gasteiger partial charge >= 0.3 is 5.97 Å². The number of benzene rings is 1. The van der Waals surface area contributed by atoms with Crippen molar-refractivity contribution in [1.82, 2.24) is 4.57 Å². The van der Waals surface area contributed by atoms with E-state index in [1.54, 1.807) is 6.07 Å². The Morgan fingerprint density at radius 2 is 2.05 bits per heavy atom. The minimum Gasteiger partial charge on any atom is -0.478 e. The molecule has 0 aliphatic heterocycles. The predicted molar refractivity (Wildman–Crippen MR) is 80.3 cm³/mol. The van der Waals surface area contributed by atoms with E-state index in [0.29, 0.717) is 5.92 Å². The molecule has 0 unspecified atom stereocenters. The van der Waals surface area contributed by atoms with Crippen LogP contribution in [0.15, 0.2) is 35.1 Å². The largest absolute Gasteiger partial charge is 0.478 e. The maximum atomic E-state index is 14.2. The molecule has 114 valence electrons. The first-order valence-electron chi connectivity index (χ1n) is 6.97. The summed E-state index contributed by atoms with van der Waals surface area (Å²) in [5, 5.41) is 11.9. The molecule has 0 saturated heterocycles. The number of hydrogen-bond donors (Lipinski definition) is 2. The second-order valence-corrected chi connectivity index (χ2v) is 5.44. The first-order chi connectivity index (χ1) is 10.5. The first-order valence-corrected chi connectivity index (χ1v) is 6.97. The molecule has 0 bridgehead atoms. The summed E-state index contributed by atoms with van der Waals surface area (Å²) < 4.78 is 15.3. The van der Waals surface area contributed by atoms with E-state index in [2.05, 4.69) is 5.32 Å². The van der Waals surface area contributed by atoms with Gasteiger partial charge in [-0.3, -0.25) is 9.36 Å². The van der Waals surface area contributed by atoms with Crippen LogP contribution in [-0.4, -0.2) is 15.6 Å². The standard InChI is InChI=1S/C16H15FN2O3/c1-19-14(20)7-5-11(16(21)22)15(19)18-13-6-4-10(8-12(13)17)9-2-3-9/h4-9,18H,2-3H2,1H3,(H,21,22). The topological polar surface area (TPSA) is 71.3 Å². The van der Waals surface area contributed by atoms with E-state index in [0.717, 1.165) is 23.0 Å². The van der Waals surface area contributed by atoms with Crippen molar-refractivity contribution in [3.8, 4) is 0 Å². The minimum atomic E-state index is -1.19. The van der Waals surface area contributed by atoms with E-state index < -0.39 is 11.8 Å². The van der Waals surface area contributed by atoms with Gasteiger partial charge in [0, 0.05) is 13.1 Å². The number of halogens is 1. The van der Waals surface area contributed by atoms with E-state index in [1.807, 2.05) is 6.07 Å². The third-order valence-electron chi connectivity index (χ3n) is 3.84. The number of aromatic nitrogens is 1. The summed E-state index contributed by atoms with van der Waals surface area (Å²) in [6.07, 6.45) is 2.14. The highest BCUT2D eigenvalue weighted by molar-refractivity contribution is 5.94. The third kappa shape index (κ3) is 2.59. The van der Waals surface area contributed by atoms with E-state index in [9.17, 15) is 19.1 Å². The molecule has 0 amide bonds. The van der Waals surface area contributed by atoms with Gasteiger partial charge in [-0.2, -0.15) is 0 Å². The summed E-state index contributed by atoms with van der Waals surface area (Å²) >= 11 is 0. The maximum absolute atomic E-state index is 14.2. The zero-order chi connectivity index (χ0) is 15.9. The molecule has 1 saturated carbocycles. The lowest BCUT2D eigenvalue weighted by molar-refractivity contribution is 0.0697. The number of pyridine rings is 1. The summed E-state index contributed by atoms with van der Waals surface area (Å²) in [5.74, 6) is -1.16. The SMILES string of the molecule is Cn1c(Nc2ccc(C3CC3)cc2F)c(C(=O)O)ccc1=O. The van der Waals surface area contributed by atoms with Crippen LogP contribution < -0.4 is 10.9 Å². The Labute approximate surface area is 126 Å². The van der Waals surface area contributed by atoms with Crippen LogP contribution >= 0.6 is 0 Å². The molecule has 1 aromatic carbocycles. The molecule has 1 aliphatic rings. The molecule has 1 fully saturated rings. The highest BCUT2D eigenvalue weighted by Gasteiger charge is 2.24. The van der Waals surface area contributed by atoms with Gasteiger partial charge in [0.25, 0.3) is 5.56 Å². The van der Waals surface area contributed by atoms with Gasteiger partial charge < -0.3 is 10.4 Å². The van der Waals surface area contributed by atoms with Gasteiger partial charge in [-0.15, -0.1) is 0 Å². The average Bonchev–Trinajstić information content (AvgIpc) is 3.30. The first kappa shape index (κ1) is 14.3. The van der Waals surface area contributed by atoms with Crippen molar-refractivity contribution < 1.29 is 14.3 Å². The Balaban J connectivity index is 2.01. The highest BCUT2D eigenvalue weighted by atomic mass is 19.1. The smallest absolute Gasteiger partial charge is 0.339 e. The summed E-state index contributed by atoms with van der Waals surface area (Å²) in [7, 11) is 1.44. The number of aromatic carboxylic acids is 1. The number of nitrogens with one attached hydrogen (secondary N) is 1. The van der Waals surface area contributed by atoms with E-state index in [-0.39, 0.29) is 22.6 Å². The van der Waals surface area contributed by atoms with Gasteiger partial charge in [-0.1, -0.05) is 6.07 Å². The van der Waals surface area contributed by atoms with Gasteiger partial charge in [0.15, 0.2) is 0 Å². The Bertz CT molecular complexity index is 810. The fraction of sp³-hybridized carbons (Fsp3) is 0.250. The van der Waals surface area contributed by atoms with Crippen LogP contribution in [0.4, 0.5) is 15.9 Å². The second kappa shape index (κ2) is 5.29. The van der Waals surface area contributed by atoms with Crippen molar-refractivity contribution in [2.24, 2.45) is 7.05 Å². The van der Waals surface area contributed by atoms with Crippen molar-refractivity contribution in [2.75, 3.05) is 5.32 Å². The fourth-order valence-electron chi connectivity index (χ4n) is 2.39. The number of nitrogens with zero attached hydrogens (tertiary/aromatic N) is 1. The summed E-state index contributed by atoms with van der Waals surface area (Å²) in [6, 6.07) is 7.24. The van der Waals surface area contributed by atoms with Gasteiger partial charge in [-0.05, 0) is 42.5 Å². The molecule has 1 aliphatic carbocycles. The summed E-state index contributed by atoms with van der Waals surface area (Å²) in [6.45, 7) is 0. The maximum Gasteiger partial charge on any atom is 0.339 e. The van der Waals surface area contributed by atoms with Crippen molar-refractivity contribution in [1.29, 1.82) is 0 Å². The van der Waals surface area contributed by atoms with Gasteiger partial charge in [0.1, 0.15) is 17.2 Å². The molecule has 5 nitrogen and oxygen atoms in total. The van der Waals surface area contributed by atoms with E-state index in [4.69, 9.17) is 0 Å². The number of hydrogen-bond acceptors (Lipinski definition) is 3. The molecule has 0 atom stereocenters. The monoisotopic (exact) mass is 302 g/mol. The van der Waals surface area contributed by atoms with Crippen molar-refractivity contribution >= 4 is 17.5 Å². The van der Waals surface area contributed by atoms with Gasteiger partial charge in [-0.25, -0.2) is 9.18 Å². The molecule has 2 aromatic rings. The molecular weight excluding hydrogens is 287 g/mol. The van der Waals surface area contributed by atoms with Gasteiger partial charge in [0.05, 0.1) is 5.69 Å². The van der Waals surface area contributed by atoms with Crippen LogP contribution in [0.5, 0.6) is 0 Å². The van der Waals surface area contributed by atoms with Crippen LogP contribution in [0.2, 0.25) is 0 Å². The van der Waals surface area contributed by atoms with E-state index >= 15 is 0 Å². The lowest BCUT2D eigenvalue weighted by atomic mass is 10.1.